The van der Waals surface area contributed by atoms with E-state index in [2.05, 4.69) is 13.8 Å². The Kier molecular flexibility index (Phi) is 4.79. The van der Waals surface area contributed by atoms with Crippen molar-refractivity contribution in [3.63, 3.8) is 0 Å². The van der Waals surface area contributed by atoms with E-state index in [0.717, 1.165) is 0 Å². The van der Waals surface area contributed by atoms with Crippen LogP contribution in [0.15, 0.2) is 0 Å². The molecule has 0 aromatic heterocycles. The molecule has 0 spiro atoms. The summed E-state index contributed by atoms with van der Waals surface area (Å²) in [4.78, 5) is 11.0. The number of hydrogen-bond acceptors (Lipinski definition) is 2. The molecule has 0 saturated carbocycles. The lowest BCUT2D eigenvalue weighted by Crippen LogP contribution is -2.13. The molecule has 0 fully saturated rings. The second kappa shape index (κ2) is 4.78. The first-order valence-corrected chi connectivity index (χ1v) is 4.70. The van der Waals surface area contributed by atoms with Gasteiger partial charge >= 0.3 is 0 Å². The molecule has 0 rings (SSSR count). The van der Waals surface area contributed by atoms with Gasteiger partial charge in [-0.25, -0.2) is 0 Å². The third-order valence-corrected chi connectivity index (χ3v) is 2.49. The number of ketones is 1. The molecular weight excluding hydrogens is 144 g/mol. The zero-order valence-corrected chi connectivity index (χ0v) is 7.99. The Morgan fingerprint density at radius 3 is 2.20 bits per heavy atom. The Bertz CT molecular complexity index is 110. The van der Waals surface area contributed by atoms with E-state index >= 15 is 0 Å². The van der Waals surface area contributed by atoms with Crippen molar-refractivity contribution in [1.29, 1.82) is 0 Å². The summed E-state index contributed by atoms with van der Waals surface area (Å²) < 4.78 is 0. The normalized spacial score (nSPS) is 13.7. The van der Waals surface area contributed by atoms with Gasteiger partial charge in [-0.05, 0) is 12.2 Å². The minimum atomic E-state index is 0.185. The van der Waals surface area contributed by atoms with Gasteiger partial charge < -0.3 is 0 Å². The number of hydrogen-bond donors (Lipinski definition) is 0. The summed E-state index contributed by atoms with van der Waals surface area (Å²) in [7, 11) is 0. The summed E-state index contributed by atoms with van der Waals surface area (Å²) in [6.07, 6.45) is 0.668. The minimum absolute atomic E-state index is 0.185. The van der Waals surface area contributed by atoms with Crippen LogP contribution in [0.5, 0.6) is 0 Å². The van der Waals surface area contributed by atoms with E-state index in [9.17, 15) is 4.79 Å². The number of thioether (sulfide) groups is 1. The maximum Gasteiger partial charge on any atom is 0.145 e. The summed E-state index contributed by atoms with van der Waals surface area (Å²) in [6, 6.07) is 0. The van der Waals surface area contributed by atoms with Gasteiger partial charge in [-0.3, -0.25) is 4.79 Å². The van der Waals surface area contributed by atoms with Crippen LogP contribution < -0.4 is 0 Å². The molecule has 60 valence electrons. The van der Waals surface area contributed by atoms with Gasteiger partial charge in [-0.2, -0.15) is 0 Å². The maximum atomic E-state index is 11.0. The van der Waals surface area contributed by atoms with E-state index in [0.29, 0.717) is 17.5 Å². The first kappa shape index (κ1) is 10.0. The Balaban J connectivity index is 3.61. The average molecular weight is 160 g/mol. The van der Waals surface area contributed by atoms with Crippen molar-refractivity contribution in [3.05, 3.63) is 0 Å². The van der Waals surface area contributed by atoms with Crippen molar-refractivity contribution in [2.45, 2.75) is 44.6 Å². The summed E-state index contributed by atoms with van der Waals surface area (Å²) in [5.74, 6) is 0.360. The minimum Gasteiger partial charge on any atom is -0.298 e. The largest absolute Gasteiger partial charge is 0.298 e. The summed E-state index contributed by atoms with van der Waals surface area (Å²) >= 11 is 1.74. The van der Waals surface area contributed by atoms with Gasteiger partial charge in [-0.1, -0.05) is 20.8 Å². The Morgan fingerprint density at radius 2 is 1.90 bits per heavy atom. The number of carbonyl (C=O) groups is 1. The molecule has 0 saturated heterocycles. The third kappa shape index (κ3) is 3.94. The zero-order chi connectivity index (χ0) is 8.15. The molecule has 0 unspecified atom stereocenters. The van der Waals surface area contributed by atoms with Gasteiger partial charge in [0.25, 0.3) is 0 Å². The van der Waals surface area contributed by atoms with Crippen LogP contribution in [0.2, 0.25) is 0 Å². The fourth-order valence-electron chi connectivity index (χ4n) is 0.772. The fraction of sp³-hybridized carbons (Fsp3) is 0.875. The number of Topliss-reactive ketones (excluding diaryl/α,β-unsaturated/α-hetero) is 1. The average Bonchev–Trinajstić information content (AvgIpc) is 1.85. The second-order valence-corrected chi connectivity index (χ2v) is 4.57. The lowest BCUT2D eigenvalue weighted by molar-refractivity contribution is -0.118. The highest BCUT2D eigenvalue weighted by Crippen LogP contribution is 2.17. The quantitative estimate of drug-likeness (QED) is 0.628. The van der Waals surface area contributed by atoms with E-state index in [1.54, 1.807) is 11.8 Å². The van der Waals surface area contributed by atoms with Crippen LogP contribution in [0, 0.1) is 0 Å². The smallest absolute Gasteiger partial charge is 0.145 e. The van der Waals surface area contributed by atoms with Gasteiger partial charge in [0.2, 0.25) is 0 Å². The van der Waals surface area contributed by atoms with Crippen LogP contribution in [-0.2, 0) is 4.79 Å². The Morgan fingerprint density at radius 1 is 1.40 bits per heavy atom. The van der Waals surface area contributed by atoms with Crippen molar-refractivity contribution < 1.29 is 4.79 Å². The second-order valence-electron chi connectivity index (χ2n) is 2.65. The molecule has 0 aliphatic heterocycles. The van der Waals surface area contributed by atoms with Crippen molar-refractivity contribution in [3.8, 4) is 0 Å². The van der Waals surface area contributed by atoms with E-state index in [1.807, 2.05) is 13.8 Å². The molecule has 0 aliphatic carbocycles. The van der Waals surface area contributed by atoms with Crippen molar-refractivity contribution in [2.75, 3.05) is 0 Å². The van der Waals surface area contributed by atoms with E-state index < -0.39 is 0 Å². The first-order chi connectivity index (χ1) is 4.57. The van der Waals surface area contributed by atoms with Crippen LogP contribution in [0.1, 0.15) is 34.1 Å². The van der Waals surface area contributed by atoms with Crippen molar-refractivity contribution >= 4 is 17.5 Å². The highest BCUT2D eigenvalue weighted by atomic mass is 32.2. The first-order valence-electron chi connectivity index (χ1n) is 3.76. The topological polar surface area (TPSA) is 17.1 Å². The van der Waals surface area contributed by atoms with Crippen molar-refractivity contribution in [2.24, 2.45) is 0 Å². The molecular formula is C8H16OS. The summed E-state index contributed by atoms with van der Waals surface area (Å²) in [6.45, 7) is 8.13. The molecule has 0 amide bonds. The van der Waals surface area contributed by atoms with Crippen LogP contribution in [0.4, 0.5) is 0 Å². The predicted octanol–water partition coefficient (Wildman–Crippen LogP) is 2.50. The van der Waals surface area contributed by atoms with Gasteiger partial charge in [0.1, 0.15) is 5.78 Å². The highest BCUT2D eigenvalue weighted by molar-refractivity contribution is 8.01. The molecule has 0 aliphatic rings. The summed E-state index contributed by atoms with van der Waals surface area (Å²) in [5.41, 5.74) is 0. The lowest BCUT2D eigenvalue weighted by atomic mass is 10.2. The van der Waals surface area contributed by atoms with Crippen LogP contribution in [0.3, 0.4) is 0 Å². The molecule has 0 bridgehead atoms. The standard InChI is InChI=1S/C8H16OS/c1-5-8(9)7(4)10-6(2)3/h6-7H,5H2,1-4H3/t7-/m1/s1. The van der Waals surface area contributed by atoms with Gasteiger partial charge in [0, 0.05) is 6.42 Å². The molecule has 1 atom stereocenters. The van der Waals surface area contributed by atoms with E-state index in [1.165, 1.54) is 0 Å². The Labute approximate surface area is 67.6 Å². The van der Waals surface area contributed by atoms with E-state index in [4.69, 9.17) is 0 Å². The molecule has 0 N–H and O–H groups in total. The molecule has 0 aromatic rings. The van der Waals surface area contributed by atoms with Gasteiger partial charge in [0.15, 0.2) is 0 Å². The monoisotopic (exact) mass is 160 g/mol. The third-order valence-electron chi connectivity index (χ3n) is 1.28. The number of rotatable bonds is 4. The molecule has 0 radical (unpaired) electrons. The summed E-state index contributed by atoms with van der Waals surface area (Å²) in [5, 5.41) is 0.746. The van der Waals surface area contributed by atoms with Crippen LogP contribution >= 0.6 is 11.8 Å². The van der Waals surface area contributed by atoms with Crippen molar-refractivity contribution in [1.82, 2.24) is 0 Å². The van der Waals surface area contributed by atoms with Crippen LogP contribution in [-0.4, -0.2) is 16.3 Å². The van der Waals surface area contributed by atoms with Gasteiger partial charge in [0.05, 0.1) is 5.25 Å². The highest BCUT2D eigenvalue weighted by Gasteiger charge is 2.11. The molecule has 0 aromatic carbocycles. The molecule has 2 heteroatoms. The molecule has 1 nitrogen and oxygen atoms in total. The van der Waals surface area contributed by atoms with E-state index in [-0.39, 0.29) is 5.25 Å². The molecule has 10 heavy (non-hydrogen) atoms. The maximum absolute atomic E-state index is 11.0. The molecule has 0 heterocycles. The van der Waals surface area contributed by atoms with Gasteiger partial charge in [-0.15, -0.1) is 11.8 Å². The Hall–Kier alpha value is 0.0200. The fourth-order valence-corrected chi connectivity index (χ4v) is 1.91. The zero-order valence-electron chi connectivity index (χ0n) is 7.18. The SMILES string of the molecule is CCC(=O)[C@@H](C)SC(C)C. The predicted molar refractivity (Wildman–Crippen MR) is 47.5 cm³/mol. The lowest BCUT2D eigenvalue weighted by Gasteiger charge is -2.10. The van der Waals surface area contributed by atoms with Crippen LogP contribution in [0.25, 0.3) is 0 Å². The number of carbonyl (C=O) groups excluding carboxylic acids is 1.